The Labute approximate surface area is 154 Å². The third-order valence-corrected chi connectivity index (χ3v) is 5.14. The number of nitro benzene ring substituents is 1. The summed E-state index contributed by atoms with van der Waals surface area (Å²) < 4.78 is 64.8. The van der Waals surface area contributed by atoms with Crippen molar-refractivity contribution in [3.05, 3.63) is 28.3 Å². The minimum atomic E-state index is -5.87. The first-order valence-corrected chi connectivity index (χ1v) is 9.72. The van der Waals surface area contributed by atoms with E-state index >= 15 is 0 Å². The Hall–Kier alpha value is -2.08. The van der Waals surface area contributed by atoms with Crippen molar-refractivity contribution in [1.82, 2.24) is 4.90 Å². The molecule has 0 N–H and O–H groups in total. The summed E-state index contributed by atoms with van der Waals surface area (Å²) in [7, 11) is -5.87. The summed E-state index contributed by atoms with van der Waals surface area (Å²) in [5, 5.41) is 11.0. The molecule has 8 nitrogen and oxygen atoms in total. The molecule has 0 unspecified atom stereocenters. The van der Waals surface area contributed by atoms with Crippen LogP contribution in [0.2, 0.25) is 0 Å². The number of anilines is 1. The van der Waals surface area contributed by atoms with Crippen LogP contribution in [0.1, 0.15) is 19.8 Å². The molecule has 0 spiro atoms. The molecule has 1 aromatic rings. The van der Waals surface area contributed by atoms with Crippen molar-refractivity contribution in [2.75, 3.05) is 37.6 Å². The Morgan fingerprint density at radius 3 is 2.37 bits per heavy atom. The Balaban J connectivity index is 2.28. The van der Waals surface area contributed by atoms with E-state index < -0.39 is 26.3 Å². The van der Waals surface area contributed by atoms with Crippen LogP contribution in [0.5, 0.6) is 5.75 Å². The highest BCUT2D eigenvalue weighted by atomic mass is 32.2. The molecule has 1 saturated heterocycles. The van der Waals surface area contributed by atoms with Gasteiger partial charge in [0.15, 0.2) is 5.75 Å². The van der Waals surface area contributed by atoms with Gasteiger partial charge in [0.2, 0.25) is 0 Å². The number of nitrogens with zero attached hydrogens (tertiary/aromatic N) is 3. The van der Waals surface area contributed by atoms with Gasteiger partial charge in [0, 0.05) is 38.3 Å². The third kappa shape index (κ3) is 5.22. The van der Waals surface area contributed by atoms with E-state index in [2.05, 4.69) is 16.0 Å². The number of rotatable bonds is 7. The van der Waals surface area contributed by atoms with Crippen molar-refractivity contribution in [3.63, 3.8) is 0 Å². The number of alkyl halides is 3. The lowest BCUT2D eigenvalue weighted by Crippen LogP contribution is -2.46. The van der Waals surface area contributed by atoms with Gasteiger partial charge in [-0.2, -0.15) is 21.6 Å². The Bertz CT molecular complexity index is 777. The van der Waals surface area contributed by atoms with E-state index in [1.807, 2.05) is 0 Å². The van der Waals surface area contributed by atoms with Crippen LogP contribution in [0, 0.1) is 10.1 Å². The van der Waals surface area contributed by atoms with Crippen molar-refractivity contribution in [1.29, 1.82) is 0 Å². The predicted octanol–water partition coefficient (Wildman–Crippen LogP) is 2.75. The maximum Gasteiger partial charge on any atom is 0.534 e. The lowest BCUT2D eigenvalue weighted by Gasteiger charge is -2.36. The van der Waals surface area contributed by atoms with Gasteiger partial charge >= 0.3 is 15.6 Å². The van der Waals surface area contributed by atoms with Gasteiger partial charge in [-0.05, 0) is 19.0 Å². The summed E-state index contributed by atoms with van der Waals surface area (Å²) in [4.78, 5) is 14.1. The molecule has 0 atom stereocenters. The van der Waals surface area contributed by atoms with Crippen molar-refractivity contribution < 1.29 is 30.7 Å². The lowest BCUT2D eigenvalue weighted by molar-refractivity contribution is -0.384. The fraction of sp³-hybridized carbons (Fsp3) is 0.600. The molecule has 0 saturated carbocycles. The average Bonchev–Trinajstić information content (AvgIpc) is 2.59. The Morgan fingerprint density at radius 1 is 1.22 bits per heavy atom. The summed E-state index contributed by atoms with van der Waals surface area (Å²) >= 11 is 0. The number of unbranched alkanes of at least 4 members (excludes halogenated alkanes) is 1. The smallest absolute Gasteiger partial charge is 0.374 e. The zero-order valence-electron chi connectivity index (χ0n) is 14.6. The van der Waals surface area contributed by atoms with Crippen LogP contribution in [0.15, 0.2) is 18.2 Å². The SMILES string of the molecule is CCCCN1CCN(c2cc([N+](=O)[O-])ccc2OS(=O)(=O)C(F)(F)F)CC1. The average molecular weight is 411 g/mol. The van der Waals surface area contributed by atoms with Crippen LogP contribution in [-0.4, -0.2) is 56.5 Å². The molecule has 2 rings (SSSR count). The fourth-order valence-electron chi connectivity index (χ4n) is 2.70. The molecule has 1 fully saturated rings. The summed E-state index contributed by atoms with van der Waals surface area (Å²) in [6.07, 6.45) is 2.04. The van der Waals surface area contributed by atoms with Crippen LogP contribution in [0.3, 0.4) is 0 Å². The molecule has 152 valence electrons. The standard InChI is InChI=1S/C15H20F3N3O5S/c1-2-3-6-19-7-9-20(10-8-19)13-11-12(21(22)23)4-5-14(13)26-27(24,25)15(16,17)18/h4-5,11H,2-3,6-10H2,1H3. The molecule has 27 heavy (non-hydrogen) atoms. The second kappa shape index (κ2) is 8.30. The number of hydrogen-bond donors (Lipinski definition) is 0. The zero-order chi connectivity index (χ0) is 20.2. The maximum absolute atomic E-state index is 12.6. The lowest BCUT2D eigenvalue weighted by atomic mass is 10.2. The molecule has 1 aromatic carbocycles. The molecule has 1 aliphatic rings. The van der Waals surface area contributed by atoms with E-state index in [-0.39, 0.29) is 11.4 Å². The summed E-state index contributed by atoms with van der Waals surface area (Å²) in [6, 6.07) is 2.81. The van der Waals surface area contributed by atoms with Crippen molar-refractivity contribution in [2.45, 2.75) is 25.3 Å². The summed E-state index contributed by atoms with van der Waals surface area (Å²) in [5.41, 5.74) is -6.01. The molecule has 0 aromatic heterocycles. The van der Waals surface area contributed by atoms with Crippen LogP contribution in [-0.2, 0) is 10.1 Å². The first kappa shape index (κ1) is 21.2. The van der Waals surface area contributed by atoms with Crippen LogP contribution in [0.25, 0.3) is 0 Å². The van der Waals surface area contributed by atoms with Gasteiger partial charge in [0.05, 0.1) is 10.6 Å². The largest absolute Gasteiger partial charge is 0.534 e. The number of non-ortho nitro benzene ring substituents is 1. The second-order valence-corrected chi connectivity index (χ2v) is 7.61. The van der Waals surface area contributed by atoms with Gasteiger partial charge in [0.25, 0.3) is 5.69 Å². The quantitative estimate of drug-likeness (QED) is 0.295. The van der Waals surface area contributed by atoms with Gasteiger partial charge in [-0.25, -0.2) is 0 Å². The molecule has 0 radical (unpaired) electrons. The molecular formula is C15H20F3N3O5S. The zero-order valence-corrected chi connectivity index (χ0v) is 15.4. The Kier molecular flexibility index (Phi) is 6.52. The highest BCUT2D eigenvalue weighted by Gasteiger charge is 2.49. The van der Waals surface area contributed by atoms with Crippen LogP contribution < -0.4 is 9.08 Å². The molecular weight excluding hydrogens is 391 g/mol. The highest BCUT2D eigenvalue weighted by molar-refractivity contribution is 7.88. The topological polar surface area (TPSA) is 93.0 Å². The van der Waals surface area contributed by atoms with Crippen LogP contribution >= 0.6 is 0 Å². The number of halogens is 3. The molecule has 0 aliphatic carbocycles. The van der Waals surface area contributed by atoms with Gasteiger partial charge in [-0.15, -0.1) is 0 Å². The monoisotopic (exact) mass is 411 g/mol. The van der Waals surface area contributed by atoms with E-state index in [0.717, 1.165) is 37.6 Å². The summed E-state index contributed by atoms with van der Waals surface area (Å²) in [5.74, 6) is -0.583. The van der Waals surface area contributed by atoms with E-state index in [1.165, 1.54) is 0 Å². The van der Waals surface area contributed by atoms with E-state index in [1.54, 1.807) is 4.90 Å². The predicted molar refractivity (Wildman–Crippen MR) is 92.3 cm³/mol. The van der Waals surface area contributed by atoms with Crippen molar-refractivity contribution in [3.8, 4) is 5.75 Å². The molecule has 0 bridgehead atoms. The van der Waals surface area contributed by atoms with Crippen molar-refractivity contribution in [2.24, 2.45) is 0 Å². The summed E-state index contributed by atoms with van der Waals surface area (Å²) in [6.45, 7) is 4.91. The van der Waals surface area contributed by atoms with E-state index in [9.17, 15) is 31.7 Å². The number of nitro groups is 1. The van der Waals surface area contributed by atoms with Gasteiger partial charge in [0.1, 0.15) is 0 Å². The molecule has 0 amide bonds. The Morgan fingerprint density at radius 2 is 1.85 bits per heavy atom. The molecule has 12 heteroatoms. The van der Waals surface area contributed by atoms with Gasteiger partial charge in [-0.1, -0.05) is 13.3 Å². The highest BCUT2D eigenvalue weighted by Crippen LogP contribution is 2.36. The van der Waals surface area contributed by atoms with E-state index in [0.29, 0.717) is 26.2 Å². The fourth-order valence-corrected chi connectivity index (χ4v) is 3.17. The first-order chi connectivity index (χ1) is 12.5. The van der Waals surface area contributed by atoms with Gasteiger partial charge < -0.3 is 9.08 Å². The molecule has 1 heterocycles. The minimum absolute atomic E-state index is 0.0489. The van der Waals surface area contributed by atoms with Gasteiger partial charge in [-0.3, -0.25) is 15.0 Å². The number of piperazine rings is 1. The third-order valence-electron chi connectivity index (χ3n) is 4.18. The molecule has 1 aliphatic heterocycles. The second-order valence-electron chi connectivity index (χ2n) is 6.07. The van der Waals surface area contributed by atoms with E-state index in [4.69, 9.17) is 0 Å². The maximum atomic E-state index is 12.6. The minimum Gasteiger partial charge on any atom is -0.374 e. The normalized spacial score (nSPS) is 16.4. The number of benzene rings is 1. The van der Waals surface area contributed by atoms with Crippen LogP contribution in [0.4, 0.5) is 24.5 Å². The number of hydrogen-bond acceptors (Lipinski definition) is 7. The first-order valence-electron chi connectivity index (χ1n) is 8.31. The van der Waals surface area contributed by atoms with Crippen molar-refractivity contribution >= 4 is 21.5 Å².